The molecule has 0 aromatic carbocycles. The zero-order valence-corrected chi connectivity index (χ0v) is 21.9. The van der Waals surface area contributed by atoms with Crippen LogP contribution < -0.4 is 0 Å². The van der Waals surface area contributed by atoms with Crippen LogP contribution in [0, 0.1) is 17.3 Å². The first kappa shape index (κ1) is 28.5. The van der Waals surface area contributed by atoms with Crippen molar-refractivity contribution < 1.29 is 20.1 Å². The summed E-state index contributed by atoms with van der Waals surface area (Å²) in [5, 5.41) is 32.9. The number of carbonyl (C=O) groups excluding carboxylic acids is 1. The van der Waals surface area contributed by atoms with Gasteiger partial charge in [0.15, 0.2) is 0 Å². The van der Waals surface area contributed by atoms with Gasteiger partial charge in [0.25, 0.3) is 0 Å². The van der Waals surface area contributed by atoms with Crippen LogP contribution in [0.25, 0.3) is 0 Å². The molecule has 2 aliphatic rings. The first-order valence-electron chi connectivity index (χ1n) is 12.8. The molecule has 0 saturated heterocycles. The normalized spacial score (nSPS) is 33.4. The molecule has 0 aromatic heterocycles. The lowest BCUT2D eigenvalue weighted by Crippen LogP contribution is -2.59. The summed E-state index contributed by atoms with van der Waals surface area (Å²) < 4.78 is 0. The van der Waals surface area contributed by atoms with Crippen LogP contribution in [-0.4, -0.2) is 39.9 Å². The molecule has 0 heterocycles. The molecule has 0 unspecified atom stereocenters. The van der Waals surface area contributed by atoms with Crippen LogP contribution in [0.1, 0.15) is 86.0 Å². The first-order chi connectivity index (χ1) is 16.0. The van der Waals surface area contributed by atoms with Crippen LogP contribution in [0.15, 0.2) is 58.7 Å². The van der Waals surface area contributed by atoms with Crippen molar-refractivity contribution >= 4 is 6.29 Å². The molecular weight excluding hydrogens is 424 g/mol. The summed E-state index contributed by atoms with van der Waals surface area (Å²) in [6.07, 6.45) is 14.3. The van der Waals surface area contributed by atoms with E-state index in [9.17, 15) is 20.1 Å². The highest BCUT2D eigenvalue weighted by Crippen LogP contribution is 2.62. The summed E-state index contributed by atoms with van der Waals surface area (Å²) in [4.78, 5) is 11.7. The molecule has 0 aliphatic heterocycles. The van der Waals surface area contributed by atoms with E-state index in [1.807, 2.05) is 26.0 Å². The van der Waals surface area contributed by atoms with Gasteiger partial charge >= 0.3 is 0 Å². The zero-order chi connectivity index (χ0) is 25.5. The molecule has 2 rings (SSSR count). The molecule has 3 N–H and O–H groups in total. The molecule has 34 heavy (non-hydrogen) atoms. The maximum atomic E-state index is 11.7. The molecule has 1 spiro atoms. The summed E-state index contributed by atoms with van der Waals surface area (Å²) in [6.45, 7) is 14.3. The topological polar surface area (TPSA) is 77.8 Å². The van der Waals surface area contributed by atoms with Gasteiger partial charge in [0.05, 0.1) is 11.7 Å². The molecule has 5 atom stereocenters. The number of hydrogen-bond acceptors (Lipinski definition) is 4. The molecular formula is C30H46O4. The summed E-state index contributed by atoms with van der Waals surface area (Å²) in [5.74, 6) is -0.280. The second kappa shape index (κ2) is 12.3. The highest BCUT2D eigenvalue weighted by molar-refractivity contribution is 5.74. The molecule has 2 fully saturated rings. The Morgan fingerprint density at radius 3 is 2.53 bits per heavy atom. The van der Waals surface area contributed by atoms with Crippen molar-refractivity contribution in [2.24, 2.45) is 17.3 Å². The number of carbonyl (C=O) groups is 1. The number of allylic oxidation sites excluding steroid dienone is 8. The van der Waals surface area contributed by atoms with Gasteiger partial charge in [0.2, 0.25) is 0 Å². The minimum absolute atomic E-state index is 0.0520. The molecule has 0 bridgehead atoms. The van der Waals surface area contributed by atoms with Crippen molar-refractivity contribution in [1.82, 2.24) is 0 Å². The van der Waals surface area contributed by atoms with E-state index in [0.29, 0.717) is 37.7 Å². The van der Waals surface area contributed by atoms with E-state index >= 15 is 0 Å². The number of aldehydes is 1. The lowest BCUT2D eigenvalue weighted by Gasteiger charge is -2.55. The lowest BCUT2D eigenvalue weighted by atomic mass is 9.52. The summed E-state index contributed by atoms with van der Waals surface area (Å²) in [7, 11) is 0. The van der Waals surface area contributed by atoms with Crippen molar-refractivity contribution in [3.05, 3.63) is 58.7 Å². The summed E-state index contributed by atoms with van der Waals surface area (Å²) in [5.41, 5.74) is 3.42. The van der Waals surface area contributed by atoms with Crippen LogP contribution in [0.5, 0.6) is 0 Å². The Morgan fingerprint density at radius 2 is 1.91 bits per heavy atom. The van der Waals surface area contributed by atoms with Crippen molar-refractivity contribution in [3.63, 3.8) is 0 Å². The van der Waals surface area contributed by atoms with E-state index < -0.39 is 17.1 Å². The molecule has 2 aliphatic carbocycles. The largest absolute Gasteiger partial charge is 0.396 e. The number of aliphatic hydroxyl groups is 3. The van der Waals surface area contributed by atoms with Crippen LogP contribution in [0.2, 0.25) is 0 Å². The minimum atomic E-state index is -1.06. The van der Waals surface area contributed by atoms with Gasteiger partial charge in [0.1, 0.15) is 6.29 Å². The van der Waals surface area contributed by atoms with Crippen molar-refractivity contribution in [2.45, 2.75) is 97.7 Å². The minimum Gasteiger partial charge on any atom is -0.396 e. The second-order valence-corrected chi connectivity index (χ2v) is 10.9. The maximum absolute atomic E-state index is 11.7. The van der Waals surface area contributed by atoms with E-state index in [1.54, 1.807) is 0 Å². The molecule has 190 valence electrons. The van der Waals surface area contributed by atoms with Gasteiger partial charge in [-0.25, -0.2) is 0 Å². The van der Waals surface area contributed by atoms with Gasteiger partial charge in [-0.05, 0) is 103 Å². The number of aliphatic hydroxyl groups excluding tert-OH is 2. The Labute approximate surface area is 206 Å². The predicted octanol–water partition coefficient (Wildman–Crippen LogP) is 6.00. The van der Waals surface area contributed by atoms with Gasteiger partial charge in [-0.1, -0.05) is 47.6 Å². The van der Waals surface area contributed by atoms with Gasteiger partial charge in [-0.3, -0.25) is 4.79 Å². The standard InChI is InChI=1S/C30H46O4/c1-21(2)10-7-11-22(3)12-8-13-23(4)26-16-18-30(28(26)33)27(14-9-19-31)25(24(5)20-32)15-17-29(30,6)34/h8,10,12-13,20,26-28,31,33-34H,4,7,9,11,14-19H2,1-3,5-6H3/b13-8+,22-12+,25-24-/t26-,27+,28-,29+,30+/m1/s1. The summed E-state index contributed by atoms with van der Waals surface area (Å²) in [6, 6.07) is 0. The fraction of sp³-hybridized carbons (Fsp3) is 0.633. The van der Waals surface area contributed by atoms with E-state index in [0.717, 1.165) is 36.7 Å². The van der Waals surface area contributed by atoms with E-state index in [4.69, 9.17) is 0 Å². The van der Waals surface area contributed by atoms with Crippen molar-refractivity contribution in [3.8, 4) is 0 Å². The lowest BCUT2D eigenvalue weighted by molar-refractivity contribution is -0.167. The maximum Gasteiger partial charge on any atom is 0.145 e. The Bertz CT molecular complexity index is 853. The van der Waals surface area contributed by atoms with Crippen molar-refractivity contribution in [1.29, 1.82) is 0 Å². The Kier molecular flexibility index (Phi) is 10.3. The Morgan fingerprint density at radius 1 is 1.21 bits per heavy atom. The smallest absolute Gasteiger partial charge is 0.145 e. The molecule has 0 amide bonds. The predicted molar refractivity (Wildman–Crippen MR) is 140 cm³/mol. The van der Waals surface area contributed by atoms with Gasteiger partial charge in [-0.15, -0.1) is 0 Å². The number of hydrogen-bond donors (Lipinski definition) is 3. The monoisotopic (exact) mass is 470 g/mol. The quantitative estimate of drug-likeness (QED) is 0.158. The van der Waals surface area contributed by atoms with Gasteiger partial charge in [-0.2, -0.15) is 0 Å². The average Bonchev–Trinajstić information content (AvgIpc) is 3.12. The Hall–Kier alpha value is -1.75. The highest BCUT2D eigenvalue weighted by atomic mass is 16.3. The zero-order valence-electron chi connectivity index (χ0n) is 21.9. The Balaban J connectivity index is 2.28. The van der Waals surface area contributed by atoms with Crippen LogP contribution >= 0.6 is 0 Å². The molecule has 0 aromatic rings. The average molecular weight is 471 g/mol. The van der Waals surface area contributed by atoms with E-state index in [2.05, 4.69) is 39.5 Å². The molecule has 4 heteroatoms. The highest BCUT2D eigenvalue weighted by Gasteiger charge is 2.63. The third kappa shape index (κ3) is 6.08. The van der Waals surface area contributed by atoms with Crippen LogP contribution in [0.3, 0.4) is 0 Å². The third-order valence-corrected chi connectivity index (χ3v) is 8.30. The van der Waals surface area contributed by atoms with E-state index in [1.165, 1.54) is 11.1 Å². The van der Waals surface area contributed by atoms with Crippen LogP contribution in [-0.2, 0) is 4.79 Å². The first-order valence-corrected chi connectivity index (χ1v) is 12.8. The van der Waals surface area contributed by atoms with Gasteiger partial charge in [0, 0.05) is 17.9 Å². The van der Waals surface area contributed by atoms with Gasteiger partial charge < -0.3 is 15.3 Å². The molecule has 4 nitrogen and oxygen atoms in total. The number of rotatable bonds is 10. The fourth-order valence-corrected chi connectivity index (χ4v) is 6.29. The SMILES string of the molecule is C=C(/C=C/C=C(\C)CCC=C(C)C)[C@H]1CC[C@@]2([C@@H]1O)[C@@H](CCCO)/C(=C(/C)C=O)CC[C@]2(C)O. The molecule has 2 saturated carbocycles. The molecule has 0 radical (unpaired) electrons. The third-order valence-electron chi connectivity index (χ3n) is 8.30. The van der Waals surface area contributed by atoms with E-state index in [-0.39, 0.29) is 18.4 Å². The van der Waals surface area contributed by atoms with Crippen LogP contribution in [0.4, 0.5) is 0 Å². The second-order valence-electron chi connectivity index (χ2n) is 10.9. The fourth-order valence-electron chi connectivity index (χ4n) is 6.29. The summed E-state index contributed by atoms with van der Waals surface area (Å²) >= 11 is 0. The van der Waals surface area contributed by atoms with Crippen molar-refractivity contribution in [2.75, 3.05) is 6.61 Å².